The van der Waals surface area contributed by atoms with Gasteiger partial charge >= 0.3 is 0 Å². The maximum absolute atomic E-state index is 13.2. The molecule has 1 saturated heterocycles. The van der Waals surface area contributed by atoms with Crippen LogP contribution in [0.25, 0.3) is 11.0 Å². The number of aryl methyl sites for hydroxylation is 1. The topological polar surface area (TPSA) is 78.6 Å². The molecular formula is C28H29N3O3. The number of benzene rings is 3. The summed E-state index contributed by atoms with van der Waals surface area (Å²) in [5, 5.41) is 22.0. The quantitative estimate of drug-likeness (QED) is 0.478. The highest BCUT2D eigenvalue weighted by Crippen LogP contribution is 2.37. The molecule has 5 rings (SSSR count). The number of piperidine rings is 1. The van der Waals surface area contributed by atoms with E-state index in [1.807, 2.05) is 84.3 Å². The molecule has 1 amide bonds. The number of hydrogen-bond donors (Lipinski definition) is 2. The van der Waals surface area contributed by atoms with Crippen molar-refractivity contribution in [3.05, 3.63) is 101 Å². The molecule has 1 aliphatic rings. The van der Waals surface area contributed by atoms with E-state index < -0.39 is 5.60 Å². The number of aliphatic hydroxyl groups is 2. The zero-order valence-corrected chi connectivity index (χ0v) is 19.3. The monoisotopic (exact) mass is 455 g/mol. The van der Waals surface area contributed by atoms with Gasteiger partial charge in [-0.15, -0.1) is 0 Å². The molecule has 6 heteroatoms. The number of carbonyl (C=O) groups is 1. The number of amides is 1. The van der Waals surface area contributed by atoms with E-state index in [4.69, 9.17) is 4.98 Å². The number of likely N-dealkylation sites (tertiary alicyclic amines) is 1. The van der Waals surface area contributed by atoms with Gasteiger partial charge in [0, 0.05) is 25.2 Å². The van der Waals surface area contributed by atoms with Gasteiger partial charge in [0.1, 0.15) is 0 Å². The van der Waals surface area contributed by atoms with Gasteiger partial charge < -0.3 is 19.7 Å². The third-order valence-electron chi connectivity index (χ3n) is 6.77. The Labute approximate surface area is 199 Å². The van der Waals surface area contributed by atoms with Crippen LogP contribution in [0.1, 0.15) is 47.1 Å². The Kier molecular flexibility index (Phi) is 5.94. The molecule has 1 aliphatic heterocycles. The summed E-state index contributed by atoms with van der Waals surface area (Å²) in [4.78, 5) is 19.8. The van der Waals surface area contributed by atoms with E-state index in [2.05, 4.69) is 0 Å². The van der Waals surface area contributed by atoms with Gasteiger partial charge in [0.15, 0.2) is 11.4 Å². The first-order valence-electron chi connectivity index (χ1n) is 11.8. The van der Waals surface area contributed by atoms with Crippen molar-refractivity contribution in [1.82, 2.24) is 14.5 Å². The van der Waals surface area contributed by atoms with Crippen LogP contribution < -0.4 is 0 Å². The van der Waals surface area contributed by atoms with Crippen LogP contribution in [0.15, 0.2) is 78.9 Å². The van der Waals surface area contributed by atoms with Crippen molar-refractivity contribution in [3.63, 3.8) is 0 Å². The number of carbonyl (C=O) groups excluding carboxylic acids is 1. The fourth-order valence-corrected chi connectivity index (χ4v) is 4.89. The van der Waals surface area contributed by atoms with Gasteiger partial charge in [0.05, 0.1) is 17.1 Å². The number of aliphatic hydroxyl groups excluding tert-OH is 1. The zero-order valence-electron chi connectivity index (χ0n) is 19.3. The molecule has 3 aromatic carbocycles. The molecule has 0 radical (unpaired) electrons. The van der Waals surface area contributed by atoms with Crippen LogP contribution in [0.3, 0.4) is 0 Å². The molecule has 0 saturated carbocycles. The van der Waals surface area contributed by atoms with E-state index in [1.165, 1.54) is 0 Å². The number of imidazole rings is 1. The number of aromatic nitrogens is 2. The molecule has 0 atom stereocenters. The molecular weight excluding hydrogens is 426 g/mol. The Morgan fingerprint density at radius 1 is 0.971 bits per heavy atom. The Morgan fingerprint density at radius 3 is 2.12 bits per heavy atom. The van der Waals surface area contributed by atoms with Gasteiger partial charge in [-0.3, -0.25) is 4.79 Å². The smallest absolute Gasteiger partial charge is 0.253 e. The summed E-state index contributed by atoms with van der Waals surface area (Å²) in [6.45, 7) is 3.71. The van der Waals surface area contributed by atoms with Crippen LogP contribution in [0.5, 0.6) is 0 Å². The van der Waals surface area contributed by atoms with Crippen molar-refractivity contribution in [3.8, 4) is 0 Å². The summed E-state index contributed by atoms with van der Waals surface area (Å²) in [5.41, 5.74) is 2.14. The predicted octanol–water partition coefficient (Wildman–Crippen LogP) is 3.94. The number of fused-ring (bicyclic) bond motifs is 1. The molecule has 6 nitrogen and oxygen atoms in total. The third kappa shape index (κ3) is 3.79. The van der Waals surface area contributed by atoms with E-state index in [1.54, 1.807) is 11.0 Å². The highest BCUT2D eigenvalue weighted by molar-refractivity contribution is 5.97. The fourth-order valence-electron chi connectivity index (χ4n) is 4.89. The SMILES string of the molecule is CCn1c(C(O)(c2ccccc2)c2ccccc2)nc2ccc(C(=O)N3CCC(O)CC3)cc21. The molecule has 2 N–H and O–H groups in total. The molecule has 1 aromatic heterocycles. The first-order valence-corrected chi connectivity index (χ1v) is 11.8. The molecule has 174 valence electrons. The fraction of sp³-hybridized carbons (Fsp3) is 0.286. The lowest BCUT2D eigenvalue weighted by molar-refractivity contribution is 0.0546. The summed E-state index contributed by atoms with van der Waals surface area (Å²) >= 11 is 0. The molecule has 0 spiro atoms. The van der Waals surface area contributed by atoms with Gasteiger partial charge in [-0.2, -0.15) is 0 Å². The second-order valence-electron chi connectivity index (χ2n) is 8.85. The molecule has 0 bridgehead atoms. The van der Waals surface area contributed by atoms with E-state index in [0.717, 1.165) is 22.2 Å². The van der Waals surface area contributed by atoms with Crippen molar-refractivity contribution >= 4 is 16.9 Å². The van der Waals surface area contributed by atoms with Gasteiger partial charge in [-0.05, 0) is 49.1 Å². The lowest BCUT2D eigenvalue weighted by atomic mass is 9.85. The highest BCUT2D eigenvalue weighted by Gasteiger charge is 2.39. The first-order chi connectivity index (χ1) is 16.5. The molecule has 0 unspecified atom stereocenters. The van der Waals surface area contributed by atoms with Gasteiger partial charge in [0.2, 0.25) is 0 Å². The van der Waals surface area contributed by atoms with E-state index in [0.29, 0.717) is 43.9 Å². The third-order valence-corrected chi connectivity index (χ3v) is 6.77. The Bertz CT molecular complexity index is 1250. The van der Waals surface area contributed by atoms with E-state index >= 15 is 0 Å². The summed E-state index contributed by atoms with van der Waals surface area (Å²) in [6, 6.07) is 24.7. The van der Waals surface area contributed by atoms with Crippen LogP contribution in [-0.2, 0) is 12.1 Å². The van der Waals surface area contributed by atoms with Crippen molar-refractivity contribution < 1.29 is 15.0 Å². The van der Waals surface area contributed by atoms with Crippen molar-refractivity contribution in [1.29, 1.82) is 0 Å². The lowest BCUT2D eigenvalue weighted by Crippen LogP contribution is -2.40. The zero-order chi connectivity index (χ0) is 23.7. The average Bonchev–Trinajstić information content (AvgIpc) is 3.27. The molecule has 2 heterocycles. The molecule has 1 fully saturated rings. The Balaban J connectivity index is 1.64. The number of hydrogen-bond acceptors (Lipinski definition) is 4. The second kappa shape index (κ2) is 9.05. The molecule has 34 heavy (non-hydrogen) atoms. The maximum Gasteiger partial charge on any atom is 0.253 e. The minimum Gasteiger partial charge on any atom is -0.393 e. The lowest BCUT2D eigenvalue weighted by Gasteiger charge is -2.30. The van der Waals surface area contributed by atoms with Gasteiger partial charge in [-0.1, -0.05) is 60.7 Å². The minimum atomic E-state index is -1.45. The van der Waals surface area contributed by atoms with Crippen LogP contribution in [-0.4, -0.2) is 49.8 Å². The van der Waals surface area contributed by atoms with Crippen molar-refractivity contribution in [2.24, 2.45) is 0 Å². The van der Waals surface area contributed by atoms with Gasteiger partial charge in [0.25, 0.3) is 5.91 Å². The van der Waals surface area contributed by atoms with E-state index in [9.17, 15) is 15.0 Å². The summed E-state index contributed by atoms with van der Waals surface area (Å²) < 4.78 is 1.99. The minimum absolute atomic E-state index is 0.0411. The number of rotatable bonds is 5. The highest BCUT2D eigenvalue weighted by atomic mass is 16.3. The van der Waals surface area contributed by atoms with E-state index in [-0.39, 0.29) is 12.0 Å². The molecule has 4 aromatic rings. The van der Waals surface area contributed by atoms with Crippen molar-refractivity contribution in [2.45, 2.75) is 38.0 Å². The van der Waals surface area contributed by atoms with Crippen LogP contribution in [0.2, 0.25) is 0 Å². The predicted molar refractivity (Wildman–Crippen MR) is 132 cm³/mol. The average molecular weight is 456 g/mol. The first kappa shape index (κ1) is 22.3. The normalized spacial score (nSPS) is 15.1. The second-order valence-corrected chi connectivity index (χ2v) is 8.85. The summed E-state index contributed by atoms with van der Waals surface area (Å²) in [5.74, 6) is 0.480. The standard InChI is InChI=1S/C28H29N3O3/c1-2-31-25-19-20(26(33)30-17-15-23(32)16-18-30)13-14-24(25)29-27(31)28(34,21-9-5-3-6-10-21)22-11-7-4-8-12-22/h3-14,19,23,32,34H,2,15-18H2,1H3. The van der Waals surface area contributed by atoms with Gasteiger partial charge in [-0.25, -0.2) is 4.98 Å². The summed E-state index contributed by atoms with van der Waals surface area (Å²) in [7, 11) is 0. The van der Waals surface area contributed by atoms with Crippen LogP contribution in [0, 0.1) is 0 Å². The Morgan fingerprint density at radius 2 is 1.56 bits per heavy atom. The van der Waals surface area contributed by atoms with Crippen molar-refractivity contribution in [2.75, 3.05) is 13.1 Å². The maximum atomic E-state index is 13.2. The van der Waals surface area contributed by atoms with Crippen LogP contribution in [0.4, 0.5) is 0 Å². The molecule has 0 aliphatic carbocycles. The van der Waals surface area contributed by atoms with Crippen LogP contribution >= 0.6 is 0 Å². The largest absolute Gasteiger partial charge is 0.393 e. The number of nitrogens with zero attached hydrogens (tertiary/aromatic N) is 3. The Hall–Kier alpha value is -3.48. The summed E-state index contributed by atoms with van der Waals surface area (Å²) in [6.07, 6.45) is 0.877.